The summed E-state index contributed by atoms with van der Waals surface area (Å²) in [4.78, 5) is 6.69. The van der Waals surface area contributed by atoms with E-state index >= 15 is 0 Å². The summed E-state index contributed by atoms with van der Waals surface area (Å²) >= 11 is 12.3. The average molecular weight is 465 g/mol. The van der Waals surface area contributed by atoms with Crippen LogP contribution in [0.5, 0.6) is 5.75 Å². The zero-order chi connectivity index (χ0) is 22.3. The molecule has 1 atom stereocenters. The Morgan fingerprint density at radius 1 is 1.26 bits per heavy atom. The van der Waals surface area contributed by atoms with Gasteiger partial charge in [-0.15, -0.1) is 4.68 Å². The summed E-state index contributed by atoms with van der Waals surface area (Å²) in [5.74, 6) is 0.0540. The first-order chi connectivity index (χ1) is 14.7. The van der Waals surface area contributed by atoms with Crippen molar-refractivity contribution in [3.63, 3.8) is 0 Å². The summed E-state index contributed by atoms with van der Waals surface area (Å²) in [6.45, 7) is 8.17. The van der Waals surface area contributed by atoms with Crippen LogP contribution in [0.15, 0.2) is 36.8 Å². The number of ether oxygens (including phenoxy) is 1. The topological polar surface area (TPSA) is 71.0 Å². The first-order valence-corrected chi connectivity index (χ1v) is 10.9. The number of likely N-dealkylation sites (tertiary alicyclic amines) is 1. The molecule has 0 radical (unpaired) electrons. The molecule has 164 valence electrons. The van der Waals surface area contributed by atoms with E-state index in [4.69, 9.17) is 33.7 Å². The van der Waals surface area contributed by atoms with E-state index in [0.717, 1.165) is 24.2 Å². The number of halogens is 3. The van der Waals surface area contributed by atoms with Gasteiger partial charge in [0.2, 0.25) is 12.2 Å². The van der Waals surface area contributed by atoms with Crippen LogP contribution in [-0.2, 0) is 0 Å². The molecule has 1 unspecified atom stereocenters. The molecular formula is C22H25Cl2FN5O+. The Bertz CT molecular complexity index is 1100. The lowest BCUT2D eigenvalue weighted by atomic mass is 10.1. The number of anilines is 1. The van der Waals surface area contributed by atoms with Gasteiger partial charge in [-0.2, -0.15) is 5.10 Å². The molecule has 0 amide bonds. The highest BCUT2D eigenvalue weighted by atomic mass is 35.5. The Balaban J connectivity index is 1.54. The Morgan fingerprint density at radius 2 is 2.00 bits per heavy atom. The van der Waals surface area contributed by atoms with Crippen LogP contribution in [0.25, 0.3) is 11.1 Å². The second kappa shape index (κ2) is 8.65. The summed E-state index contributed by atoms with van der Waals surface area (Å²) in [7, 11) is 0. The fourth-order valence-corrected chi connectivity index (χ4v) is 4.37. The van der Waals surface area contributed by atoms with Crippen LogP contribution < -0.4 is 15.2 Å². The molecule has 0 spiro atoms. The Hall–Kier alpha value is -2.35. The van der Waals surface area contributed by atoms with Gasteiger partial charge in [-0.1, -0.05) is 23.2 Å². The number of H-pyrrole nitrogens is 1. The highest BCUT2D eigenvalue weighted by Crippen LogP contribution is 2.36. The highest BCUT2D eigenvalue weighted by Gasteiger charge is 2.36. The molecule has 4 rings (SSSR count). The van der Waals surface area contributed by atoms with Crippen LogP contribution in [0, 0.1) is 5.82 Å². The second-order valence-electron chi connectivity index (χ2n) is 8.09. The molecule has 1 aliphatic heterocycles. The van der Waals surface area contributed by atoms with E-state index in [1.165, 1.54) is 12.1 Å². The van der Waals surface area contributed by atoms with Crippen molar-refractivity contribution in [1.82, 2.24) is 15.0 Å². The molecule has 31 heavy (non-hydrogen) atoms. The number of hydrogen-bond acceptors (Lipinski definition) is 4. The molecule has 3 N–H and O–H groups in total. The van der Waals surface area contributed by atoms with E-state index in [9.17, 15) is 4.39 Å². The molecule has 6 nitrogen and oxygen atoms in total. The number of nitrogens with two attached hydrogens (primary N) is 1. The first-order valence-electron chi connectivity index (χ1n) is 10.1. The van der Waals surface area contributed by atoms with Crippen LogP contribution in [0.1, 0.15) is 38.5 Å². The summed E-state index contributed by atoms with van der Waals surface area (Å²) < 4.78 is 22.0. The minimum absolute atomic E-state index is 0.0645. The van der Waals surface area contributed by atoms with Gasteiger partial charge in [0, 0.05) is 28.4 Å². The van der Waals surface area contributed by atoms with Gasteiger partial charge in [-0.3, -0.25) is 4.90 Å². The van der Waals surface area contributed by atoms with Crippen molar-refractivity contribution >= 4 is 29.0 Å². The Kier molecular flexibility index (Phi) is 6.10. The molecule has 1 saturated heterocycles. The fraction of sp³-hybridized carbons (Fsp3) is 0.364. The fourth-order valence-electron chi connectivity index (χ4n) is 3.69. The molecule has 9 heteroatoms. The van der Waals surface area contributed by atoms with E-state index in [2.05, 4.69) is 39.7 Å². The van der Waals surface area contributed by atoms with Crippen LogP contribution in [0.3, 0.4) is 0 Å². The monoisotopic (exact) mass is 464 g/mol. The zero-order valence-electron chi connectivity index (χ0n) is 17.6. The van der Waals surface area contributed by atoms with E-state index in [0.29, 0.717) is 28.4 Å². The smallest absolute Gasteiger partial charge is 0.206 e. The number of aromatic nitrogens is 3. The second-order valence-corrected chi connectivity index (χ2v) is 8.88. The molecule has 3 heterocycles. The van der Waals surface area contributed by atoms with Gasteiger partial charge in [0.25, 0.3) is 0 Å². The number of benzene rings is 1. The lowest BCUT2D eigenvalue weighted by Gasteiger charge is -2.37. The van der Waals surface area contributed by atoms with E-state index in [1.54, 1.807) is 13.1 Å². The maximum absolute atomic E-state index is 13.9. The van der Waals surface area contributed by atoms with Gasteiger partial charge < -0.3 is 10.5 Å². The predicted molar refractivity (Wildman–Crippen MR) is 120 cm³/mol. The molecule has 1 aromatic carbocycles. The third kappa shape index (κ3) is 4.35. The van der Waals surface area contributed by atoms with Gasteiger partial charge >= 0.3 is 0 Å². The third-order valence-electron chi connectivity index (χ3n) is 5.67. The minimum Gasteiger partial charge on any atom is -0.482 e. The number of aromatic amines is 1. The molecule has 2 aromatic heterocycles. The summed E-state index contributed by atoms with van der Waals surface area (Å²) in [6, 6.07) is 5.46. The van der Waals surface area contributed by atoms with E-state index in [1.807, 2.05) is 12.3 Å². The zero-order valence-corrected chi connectivity index (χ0v) is 19.1. The van der Waals surface area contributed by atoms with Crippen molar-refractivity contribution in [1.29, 1.82) is 0 Å². The number of nitrogens with zero attached hydrogens (tertiary/aromatic N) is 3. The van der Waals surface area contributed by atoms with Crippen LogP contribution in [0.4, 0.5) is 10.2 Å². The van der Waals surface area contributed by atoms with Crippen molar-refractivity contribution in [3.8, 4) is 16.9 Å². The average Bonchev–Trinajstić information content (AvgIpc) is 3.15. The molecule has 0 bridgehead atoms. The maximum atomic E-state index is 13.9. The van der Waals surface area contributed by atoms with Gasteiger partial charge in [-0.05, 0) is 39.0 Å². The van der Waals surface area contributed by atoms with Gasteiger partial charge in [0.1, 0.15) is 11.9 Å². The van der Waals surface area contributed by atoms with Crippen LogP contribution in [0.2, 0.25) is 10.0 Å². The largest absolute Gasteiger partial charge is 0.482 e. The third-order valence-corrected chi connectivity index (χ3v) is 6.38. The number of rotatable bonds is 6. The lowest BCUT2D eigenvalue weighted by Crippen LogP contribution is -2.61. The van der Waals surface area contributed by atoms with E-state index < -0.39 is 11.9 Å². The van der Waals surface area contributed by atoms with Crippen molar-refractivity contribution < 1.29 is 13.8 Å². The van der Waals surface area contributed by atoms with Gasteiger partial charge in [-0.25, -0.2) is 9.37 Å². The SMILES string of the molecule is CC(Oc1cc(-c2c[nH][n+](C3CN(C(C)C)C3)c2)cnc1N)c1c(Cl)ccc(F)c1Cl. The number of pyridine rings is 1. The van der Waals surface area contributed by atoms with Crippen LogP contribution in [-0.4, -0.2) is 34.1 Å². The van der Waals surface area contributed by atoms with Gasteiger partial charge in [0.15, 0.2) is 11.6 Å². The molecule has 0 aliphatic carbocycles. The molecular weight excluding hydrogens is 440 g/mol. The normalized spacial score (nSPS) is 15.8. The minimum atomic E-state index is -0.622. The number of nitrogen functional groups attached to an aromatic ring is 1. The molecule has 0 saturated carbocycles. The number of hydrogen-bond donors (Lipinski definition) is 2. The summed E-state index contributed by atoms with van der Waals surface area (Å²) in [5, 5.41) is 3.56. The van der Waals surface area contributed by atoms with Crippen molar-refractivity contribution in [2.24, 2.45) is 0 Å². The summed E-state index contributed by atoms with van der Waals surface area (Å²) in [5.41, 5.74) is 8.22. The molecule has 1 fully saturated rings. The van der Waals surface area contributed by atoms with Gasteiger partial charge in [0.05, 0.1) is 29.9 Å². The summed E-state index contributed by atoms with van der Waals surface area (Å²) in [6.07, 6.45) is 5.06. The lowest BCUT2D eigenvalue weighted by molar-refractivity contribution is -0.783. The van der Waals surface area contributed by atoms with E-state index in [-0.39, 0.29) is 10.8 Å². The number of nitrogens with one attached hydrogen (secondary N) is 1. The van der Waals surface area contributed by atoms with Crippen molar-refractivity contribution in [2.75, 3.05) is 18.8 Å². The standard InChI is InChI=1S/C22H24Cl2FN5O/c1-12(2)29-10-16(11-29)30-9-15(8-28-30)14-6-19(22(26)27-7-14)31-13(3)20-17(23)4-5-18(25)21(20)24/h4-9,12-13,16H,10-11H2,1-3H3,(H2,26,27)/p+1. The Morgan fingerprint density at radius 3 is 2.71 bits per heavy atom. The highest BCUT2D eigenvalue weighted by molar-refractivity contribution is 6.36. The molecule has 3 aromatic rings. The first kappa shape index (κ1) is 21.9. The van der Waals surface area contributed by atoms with Crippen molar-refractivity contribution in [2.45, 2.75) is 39.0 Å². The van der Waals surface area contributed by atoms with Crippen LogP contribution >= 0.6 is 23.2 Å². The maximum Gasteiger partial charge on any atom is 0.206 e. The van der Waals surface area contributed by atoms with Crippen molar-refractivity contribution in [3.05, 3.63) is 58.2 Å². The molecule has 1 aliphatic rings. The Labute approximate surface area is 190 Å². The quantitative estimate of drug-likeness (QED) is 0.406. The predicted octanol–water partition coefficient (Wildman–Crippen LogP) is 4.80.